The van der Waals surface area contributed by atoms with E-state index in [4.69, 9.17) is 0 Å². The third-order valence-electron chi connectivity index (χ3n) is 2.88. The maximum Gasteiger partial charge on any atom is 0.135 e. The Hall–Kier alpha value is -1.42. The molecule has 2 rings (SSSR count). The SMILES string of the molecule is CCc1nc(Br)cc(Nc2cccc(C(C)C)c2)n1. The predicted octanol–water partition coefficient (Wildman–Crippen LogP) is 4.67. The molecule has 3 nitrogen and oxygen atoms in total. The molecule has 1 N–H and O–H groups in total. The highest BCUT2D eigenvalue weighted by molar-refractivity contribution is 9.10. The number of nitrogens with zero attached hydrogens (tertiary/aromatic N) is 2. The second kappa shape index (κ2) is 6.15. The van der Waals surface area contributed by atoms with Crippen molar-refractivity contribution in [1.82, 2.24) is 9.97 Å². The highest BCUT2D eigenvalue weighted by atomic mass is 79.9. The molecule has 1 aromatic carbocycles. The molecule has 1 aromatic heterocycles. The van der Waals surface area contributed by atoms with Crippen LogP contribution < -0.4 is 5.32 Å². The number of halogens is 1. The van der Waals surface area contributed by atoms with Gasteiger partial charge in [-0.2, -0.15) is 0 Å². The summed E-state index contributed by atoms with van der Waals surface area (Å²) in [5.74, 6) is 2.17. The summed E-state index contributed by atoms with van der Waals surface area (Å²) in [6.07, 6.45) is 0.820. The van der Waals surface area contributed by atoms with Crippen molar-refractivity contribution in [2.75, 3.05) is 5.32 Å². The molecule has 0 saturated carbocycles. The van der Waals surface area contributed by atoms with Gasteiger partial charge in [-0.05, 0) is 39.5 Å². The molecule has 0 spiro atoms. The quantitative estimate of drug-likeness (QED) is 0.832. The van der Waals surface area contributed by atoms with Gasteiger partial charge in [0.15, 0.2) is 0 Å². The van der Waals surface area contributed by atoms with Gasteiger partial charge in [-0.3, -0.25) is 0 Å². The lowest BCUT2D eigenvalue weighted by Crippen LogP contribution is -2.00. The van der Waals surface area contributed by atoms with Crippen molar-refractivity contribution in [3.8, 4) is 0 Å². The van der Waals surface area contributed by atoms with E-state index in [-0.39, 0.29) is 0 Å². The summed E-state index contributed by atoms with van der Waals surface area (Å²) in [7, 11) is 0. The van der Waals surface area contributed by atoms with E-state index >= 15 is 0 Å². The highest BCUT2D eigenvalue weighted by Crippen LogP contribution is 2.22. The van der Waals surface area contributed by atoms with E-state index in [0.29, 0.717) is 5.92 Å². The maximum absolute atomic E-state index is 4.47. The van der Waals surface area contributed by atoms with Crippen molar-refractivity contribution in [1.29, 1.82) is 0 Å². The molecular weight excluding hydrogens is 302 g/mol. The highest BCUT2D eigenvalue weighted by Gasteiger charge is 2.04. The van der Waals surface area contributed by atoms with Gasteiger partial charge >= 0.3 is 0 Å². The smallest absolute Gasteiger partial charge is 0.135 e. The molecule has 0 aliphatic carbocycles. The van der Waals surface area contributed by atoms with E-state index in [0.717, 1.165) is 28.4 Å². The average molecular weight is 320 g/mol. The number of nitrogens with one attached hydrogen (secondary N) is 1. The number of anilines is 2. The van der Waals surface area contributed by atoms with Crippen LogP contribution in [0.5, 0.6) is 0 Å². The number of hydrogen-bond acceptors (Lipinski definition) is 3. The molecule has 2 aromatic rings. The van der Waals surface area contributed by atoms with Gasteiger partial charge in [-0.1, -0.05) is 32.9 Å². The molecule has 0 aliphatic rings. The van der Waals surface area contributed by atoms with Gasteiger partial charge in [0.25, 0.3) is 0 Å². The molecule has 0 saturated heterocycles. The monoisotopic (exact) mass is 319 g/mol. The van der Waals surface area contributed by atoms with E-state index in [9.17, 15) is 0 Å². The summed E-state index contributed by atoms with van der Waals surface area (Å²) in [5.41, 5.74) is 2.37. The number of rotatable bonds is 4. The lowest BCUT2D eigenvalue weighted by molar-refractivity contribution is 0.867. The first kappa shape index (κ1) is 14.0. The molecule has 0 unspecified atom stereocenters. The van der Waals surface area contributed by atoms with Crippen LogP contribution in [0, 0.1) is 0 Å². The van der Waals surface area contributed by atoms with Crippen LogP contribution in [0.1, 0.15) is 38.1 Å². The Morgan fingerprint density at radius 3 is 2.68 bits per heavy atom. The van der Waals surface area contributed by atoms with Gasteiger partial charge in [0, 0.05) is 18.2 Å². The van der Waals surface area contributed by atoms with Crippen LogP contribution in [0.2, 0.25) is 0 Å². The van der Waals surface area contributed by atoms with E-state index in [1.165, 1.54) is 5.56 Å². The number of aryl methyl sites for hydroxylation is 1. The van der Waals surface area contributed by atoms with Crippen molar-refractivity contribution < 1.29 is 0 Å². The van der Waals surface area contributed by atoms with Crippen LogP contribution in [0.4, 0.5) is 11.5 Å². The lowest BCUT2D eigenvalue weighted by Gasteiger charge is -2.10. The van der Waals surface area contributed by atoms with E-state index < -0.39 is 0 Å². The second-order valence-electron chi connectivity index (χ2n) is 4.75. The zero-order chi connectivity index (χ0) is 13.8. The molecular formula is C15H18BrN3. The molecule has 100 valence electrons. The minimum Gasteiger partial charge on any atom is -0.340 e. The summed E-state index contributed by atoms with van der Waals surface area (Å²) in [4.78, 5) is 8.77. The normalized spacial score (nSPS) is 10.8. The number of hydrogen-bond donors (Lipinski definition) is 1. The Bertz CT molecular complexity index is 567. The summed E-state index contributed by atoms with van der Waals surface area (Å²) in [6, 6.07) is 10.3. The minimum atomic E-state index is 0.519. The molecule has 0 aliphatic heterocycles. The molecule has 19 heavy (non-hydrogen) atoms. The summed E-state index contributed by atoms with van der Waals surface area (Å²) in [5, 5.41) is 3.33. The van der Waals surface area contributed by atoms with Crippen LogP contribution in [-0.4, -0.2) is 9.97 Å². The molecule has 0 fully saturated rings. The third kappa shape index (κ3) is 3.77. The van der Waals surface area contributed by atoms with Crippen LogP contribution in [0.25, 0.3) is 0 Å². The molecule has 4 heteroatoms. The van der Waals surface area contributed by atoms with Crippen LogP contribution in [-0.2, 0) is 6.42 Å². The van der Waals surface area contributed by atoms with Crippen molar-refractivity contribution in [2.45, 2.75) is 33.1 Å². The zero-order valence-corrected chi connectivity index (χ0v) is 13.0. The average Bonchev–Trinajstić information content (AvgIpc) is 2.38. The molecule has 0 radical (unpaired) electrons. The number of benzene rings is 1. The fourth-order valence-electron chi connectivity index (χ4n) is 1.81. The standard InChI is InChI=1S/C15H18BrN3/c1-4-14-18-13(16)9-15(19-14)17-12-7-5-6-11(8-12)10(2)3/h5-10H,4H2,1-3H3,(H,17,18,19). The van der Waals surface area contributed by atoms with E-state index in [1.54, 1.807) is 0 Å². The van der Waals surface area contributed by atoms with Gasteiger partial charge in [-0.15, -0.1) is 0 Å². The van der Waals surface area contributed by atoms with Crippen LogP contribution in [0.15, 0.2) is 34.9 Å². The van der Waals surface area contributed by atoms with Crippen molar-refractivity contribution in [3.63, 3.8) is 0 Å². The Morgan fingerprint density at radius 1 is 1.21 bits per heavy atom. The summed E-state index contributed by atoms with van der Waals surface area (Å²) >= 11 is 3.41. The van der Waals surface area contributed by atoms with Gasteiger partial charge in [0.05, 0.1) is 0 Å². The fourth-order valence-corrected chi connectivity index (χ4v) is 2.23. The Labute approximate surface area is 122 Å². The predicted molar refractivity (Wildman–Crippen MR) is 82.9 cm³/mol. The Balaban J connectivity index is 2.25. The topological polar surface area (TPSA) is 37.8 Å². The second-order valence-corrected chi connectivity index (χ2v) is 5.56. The van der Waals surface area contributed by atoms with Crippen LogP contribution >= 0.6 is 15.9 Å². The molecule has 0 amide bonds. The fraction of sp³-hybridized carbons (Fsp3) is 0.333. The van der Waals surface area contributed by atoms with Gasteiger partial charge in [0.2, 0.25) is 0 Å². The Morgan fingerprint density at radius 2 is 2.00 bits per heavy atom. The van der Waals surface area contributed by atoms with Crippen molar-refractivity contribution >= 4 is 27.4 Å². The number of aromatic nitrogens is 2. The zero-order valence-electron chi connectivity index (χ0n) is 11.4. The maximum atomic E-state index is 4.47. The summed E-state index contributed by atoms with van der Waals surface area (Å²) < 4.78 is 0.807. The minimum absolute atomic E-state index is 0.519. The van der Waals surface area contributed by atoms with Gasteiger partial charge in [0.1, 0.15) is 16.2 Å². The summed E-state index contributed by atoms with van der Waals surface area (Å²) in [6.45, 7) is 6.43. The largest absolute Gasteiger partial charge is 0.340 e. The molecule has 0 bridgehead atoms. The van der Waals surface area contributed by atoms with Gasteiger partial charge in [-0.25, -0.2) is 9.97 Å². The first-order chi connectivity index (χ1) is 9.08. The first-order valence-corrected chi connectivity index (χ1v) is 7.28. The molecule has 0 atom stereocenters. The van der Waals surface area contributed by atoms with Crippen LogP contribution in [0.3, 0.4) is 0 Å². The molecule has 1 heterocycles. The third-order valence-corrected chi connectivity index (χ3v) is 3.29. The lowest BCUT2D eigenvalue weighted by atomic mass is 10.0. The van der Waals surface area contributed by atoms with Gasteiger partial charge < -0.3 is 5.32 Å². The van der Waals surface area contributed by atoms with E-state index in [2.05, 4.69) is 63.3 Å². The van der Waals surface area contributed by atoms with E-state index in [1.807, 2.05) is 19.1 Å². The Kier molecular flexibility index (Phi) is 4.53. The van der Waals surface area contributed by atoms with Crippen molar-refractivity contribution in [3.05, 3.63) is 46.3 Å². The first-order valence-electron chi connectivity index (χ1n) is 6.49. The van der Waals surface area contributed by atoms with Crippen molar-refractivity contribution in [2.24, 2.45) is 0 Å².